The number of ether oxygens (including phenoxy) is 10. The van der Waals surface area contributed by atoms with Crippen molar-refractivity contribution in [2.75, 3.05) is 52.9 Å². The van der Waals surface area contributed by atoms with Gasteiger partial charge in [-0.15, -0.1) is 0 Å². The number of hydrogen-bond acceptors (Lipinski definition) is 16. The second kappa shape index (κ2) is 27.8. The minimum Gasteiger partial charge on any atom is -0.481 e. The van der Waals surface area contributed by atoms with Gasteiger partial charge < -0.3 is 47.4 Å². The first kappa shape index (κ1) is 65.7. The normalized spacial score (nSPS) is 12.7. The van der Waals surface area contributed by atoms with E-state index in [4.69, 9.17) is 47.4 Å². The number of fused-ring (bicyclic) bond motifs is 8. The molecule has 0 heterocycles. The van der Waals surface area contributed by atoms with Crippen LogP contribution in [0.25, 0.3) is 0 Å². The van der Waals surface area contributed by atoms with Gasteiger partial charge >= 0.3 is 35.8 Å². The summed E-state index contributed by atoms with van der Waals surface area (Å²) in [4.78, 5) is 82.9. The number of benzene rings is 4. The highest BCUT2D eigenvalue weighted by Crippen LogP contribution is 2.45. The Morgan fingerprint density at radius 1 is 0.329 bits per heavy atom. The Balaban J connectivity index is 2.14. The Labute approximate surface area is 485 Å². The van der Waals surface area contributed by atoms with Crippen LogP contribution in [0.1, 0.15) is 191 Å². The zero-order chi connectivity index (χ0) is 61.1. The van der Waals surface area contributed by atoms with Gasteiger partial charge in [-0.3, -0.25) is 0 Å². The molecule has 0 amide bonds. The van der Waals surface area contributed by atoms with Crippen LogP contribution in [-0.2, 0) is 105 Å². The van der Waals surface area contributed by atoms with E-state index < -0.39 is 82.9 Å². The Kier molecular flexibility index (Phi) is 22.3. The topological polar surface area (TPSA) is 195 Å². The van der Waals surface area contributed by atoms with Crippen LogP contribution in [-0.4, -0.2) is 101 Å². The first-order valence-corrected chi connectivity index (χ1v) is 28.6. The molecule has 16 nitrogen and oxygen atoms in total. The summed E-state index contributed by atoms with van der Waals surface area (Å²) in [7, 11) is 0. The van der Waals surface area contributed by atoms with Crippen LogP contribution < -0.4 is 18.9 Å². The van der Waals surface area contributed by atoms with E-state index in [9.17, 15) is 28.8 Å². The Morgan fingerprint density at radius 2 is 0.524 bits per heavy atom. The summed E-state index contributed by atoms with van der Waals surface area (Å²) < 4.78 is 59.9. The van der Waals surface area contributed by atoms with Gasteiger partial charge in [-0.05, 0) is 130 Å². The van der Waals surface area contributed by atoms with Gasteiger partial charge in [-0.25, -0.2) is 28.8 Å². The maximum absolute atomic E-state index is 14.0. The fourth-order valence-corrected chi connectivity index (χ4v) is 9.45. The van der Waals surface area contributed by atoms with Gasteiger partial charge in [-0.2, -0.15) is 0 Å². The van der Waals surface area contributed by atoms with E-state index >= 15 is 0 Å². The fraction of sp³-hybridized carbons (Fsp3) is 0.545. The summed E-state index contributed by atoms with van der Waals surface area (Å²) in [5, 5.41) is 0. The van der Waals surface area contributed by atoms with Crippen LogP contribution in [0.5, 0.6) is 23.0 Å². The number of rotatable bonds is 20. The van der Waals surface area contributed by atoms with Gasteiger partial charge in [0, 0.05) is 25.7 Å². The number of carbonyl (C=O) groups is 6. The van der Waals surface area contributed by atoms with Crippen molar-refractivity contribution in [3.63, 3.8) is 0 Å². The van der Waals surface area contributed by atoms with Crippen molar-refractivity contribution >= 4 is 35.8 Å². The molecule has 5 rings (SSSR count). The molecule has 0 aromatic heterocycles. The molecule has 16 heteroatoms. The molecule has 1 aliphatic rings. The first-order chi connectivity index (χ1) is 38.4. The highest BCUT2D eigenvalue weighted by atomic mass is 16.6. The van der Waals surface area contributed by atoms with Crippen molar-refractivity contribution in [1.82, 2.24) is 0 Å². The summed E-state index contributed by atoms with van der Waals surface area (Å²) in [5.74, 6) is -4.01. The van der Waals surface area contributed by atoms with Crippen molar-refractivity contribution in [3.05, 3.63) is 115 Å². The summed E-state index contributed by atoms with van der Waals surface area (Å²) in [6.07, 6.45) is -3.53. The first-order valence-electron chi connectivity index (χ1n) is 28.6. The molecule has 0 unspecified atom stereocenters. The predicted octanol–water partition coefficient (Wildman–Crippen LogP) is 11.2. The third kappa shape index (κ3) is 17.0. The third-order valence-electron chi connectivity index (χ3n) is 13.7. The SMILES string of the molecule is CCOC(=O)COc1c2cc(C(C)(C)C)cc1Cc1cc(C(C)(C)C)cc(c1OC(C(=O)OCC)C(=O)OCC)Cc1cc(C(C)(C)C)cc(c1OCC(=O)OCC)Cc1cc(C(C)(C)C)cc(c1OC(C(=O)OCC)C(=O)OCC)C2. The monoisotopic (exact) mass is 1140 g/mol. The molecule has 0 radical (unpaired) electrons. The Hall–Kier alpha value is -7.10. The molecule has 0 fully saturated rings. The molecule has 1 aliphatic carbocycles. The molecule has 0 saturated carbocycles. The Morgan fingerprint density at radius 3 is 0.707 bits per heavy atom. The van der Waals surface area contributed by atoms with Gasteiger partial charge in [0.25, 0.3) is 12.2 Å². The number of carbonyl (C=O) groups excluding carboxylic acids is 6. The average molecular weight is 1140 g/mol. The maximum atomic E-state index is 14.0. The van der Waals surface area contributed by atoms with Crippen LogP contribution in [0, 0.1) is 0 Å². The standard InChI is InChI=1S/C66H88O16/c1-19-73-51(67)37-79-53-39-25-43-33-49(65(13,14)15)35-45(55(43)81-57(59(69)75-21-3)60(70)76-22-4)27-41-31-48(64(10,11)12)32-42(54(41)80-38-52(68)74-20-2)28-46-36-50(66(16,17)18)34-44(26-40(53)30-47(29-39)63(7,8)9)56(46)82-58(61(71)77-23-5)62(72)78-24-6/h29-36,57-58H,19-28,37-38H2,1-18H3. The van der Waals surface area contributed by atoms with E-state index in [1.807, 2.05) is 48.5 Å². The van der Waals surface area contributed by atoms with Crippen molar-refractivity contribution in [1.29, 1.82) is 0 Å². The minimum atomic E-state index is -1.86. The summed E-state index contributed by atoms with van der Waals surface area (Å²) in [6, 6.07) is 16.0. The lowest BCUT2D eigenvalue weighted by molar-refractivity contribution is -0.167. The number of esters is 6. The van der Waals surface area contributed by atoms with Crippen molar-refractivity contribution in [3.8, 4) is 23.0 Å². The average Bonchev–Trinajstić information content (AvgIpc) is 3.53. The van der Waals surface area contributed by atoms with Crippen LogP contribution >= 0.6 is 0 Å². The van der Waals surface area contributed by atoms with Gasteiger partial charge in [0.05, 0.1) is 39.6 Å². The molecule has 0 N–H and O–H groups in total. The van der Waals surface area contributed by atoms with Crippen molar-refractivity contribution in [2.45, 2.75) is 184 Å². The molecule has 8 bridgehead atoms. The molecule has 0 spiro atoms. The molecular formula is C66H88O16. The number of hydrogen-bond donors (Lipinski definition) is 0. The van der Waals surface area contributed by atoms with E-state index in [-0.39, 0.29) is 76.8 Å². The largest absolute Gasteiger partial charge is 0.481 e. The van der Waals surface area contributed by atoms with E-state index in [2.05, 4.69) is 83.1 Å². The van der Waals surface area contributed by atoms with Crippen LogP contribution in [0.2, 0.25) is 0 Å². The van der Waals surface area contributed by atoms with E-state index in [1.54, 1.807) is 41.5 Å². The summed E-state index contributed by atoms with van der Waals surface area (Å²) >= 11 is 0. The zero-order valence-electron chi connectivity index (χ0n) is 51.8. The fourth-order valence-electron chi connectivity index (χ4n) is 9.45. The van der Waals surface area contributed by atoms with E-state index in [0.717, 1.165) is 22.3 Å². The molecule has 0 aliphatic heterocycles. The van der Waals surface area contributed by atoms with Gasteiger partial charge in [0.1, 0.15) is 23.0 Å². The highest BCUT2D eigenvalue weighted by Gasteiger charge is 2.38. The quantitative estimate of drug-likeness (QED) is 0.0405. The second-order valence-electron chi connectivity index (χ2n) is 24.4. The lowest BCUT2D eigenvalue weighted by atomic mass is 9.79. The van der Waals surface area contributed by atoms with Crippen LogP contribution in [0.3, 0.4) is 0 Å². The summed E-state index contributed by atoms with van der Waals surface area (Å²) in [6.45, 7) is 33.9. The third-order valence-corrected chi connectivity index (χ3v) is 13.7. The smallest absolute Gasteiger partial charge is 0.359 e. The molecular weight excluding hydrogens is 1050 g/mol. The van der Waals surface area contributed by atoms with Crippen molar-refractivity contribution < 1.29 is 76.1 Å². The van der Waals surface area contributed by atoms with E-state index in [1.165, 1.54) is 0 Å². The zero-order valence-corrected chi connectivity index (χ0v) is 51.8. The van der Waals surface area contributed by atoms with Gasteiger partial charge in [0.2, 0.25) is 0 Å². The minimum absolute atomic E-state index is 0.0453. The lowest BCUT2D eigenvalue weighted by Crippen LogP contribution is -2.39. The van der Waals surface area contributed by atoms with Crippen LogP contribution in [0.4, 0.5) is 0 Å². The molecule has 448 valence electrons. The molecule has 0 atom stereocenters. The summed E-state index contributed by atoms with van der Waals surface area (Å²) in [5.41, 5.74) is 6.11. The molecule has 4 aromatic rings. The lowest BCUT2D eigenvalue weighted by Gasteiger charge is -2.30. The molecule has 4 aromatic carbocycles. The maximum Gasteiger partial charge on any atom is 0.359 e. The van der Waals surface area contributed by atoms with Crippen LogP contribution in [0.15, 0.2) is 48.5 Å². The van der Waals surface area contributed by atoms with E-state index in [0.29, 0.717) is 56.0 Å². The highest BCUT2D eigenvalue weighted by molar-refractivity contribution is 5.99. The predicted molar refractivity (Wildman–Crippen MR) is 311 cm³/mol. The molecule has 0 saturated heterocycles. The second-order valence-corrected chi connectivity index (χ2v) is 24.4. The van der Waals surface area contributed by atoms with Crippen molar-refractivity contribution in [2.24, 2.45) is 0 Å². The van der Waals surface area contributed by atoms with Gasteiger partial charge in [-0.1, -0.05) is 132 Å². The molecule has 82 heavy (non-hydrogen) atoms. The van der Waals surface area contributed by atoms with Gasteiger partial charge in [0.15, 0.2) is 13.2 Å². The Bertz CT molecular complexity index is 2630.